The van der Waals surface area contributed by atoms with Crippen LogP contribution in [0.1, 0.15) is 39.0 Å². The molecule has 0 heterocycles. The smallest absolute Gasteiger partial charge is 0.210 e. The van der Waals surface area contributed by atoms with Crippen LogP contribution in [0.2, 0.25) is 0 Å². The average molecular weight is 199 g/mol. The van der Waals surface area contributed by atoms with Crippen molar-refractivity contribution in [2.45, 2.75) is 45.1 Å². The third-order valence-corrected chi connectivity index (χ3v) is 2.89. The van der Waals surface area contributed by atoms with Crippen molar-refractivity contribution in [3.8, 4) is 0 Å². The van der Waals surface area contributed by atoms with Crippen molar-refractivity contribution in [1.29, 1.82) is 5.41 Å². The van der Waals surface area contributed by atoms with Gasteiger partial charge in [-0.15, -0.1) is 0 Å². The zero-order valence-corrected chi connectivity index (χ0v) is 9.21. The molecule has 1 atom stereocenters. The molecule has 0 aromatic heterocycles. The van der Waals surface area contributed by atoms with Crippen LogP contribution in [0.15, 0.2) is 0 Å². The molecule has 0 aromatic rings. The number of ether oxygens (including phenoxy) is 2. The SMILES string of the molecule is CCOC(=N)C(OC)C1CCCCC1. The first kappa shape index (κ1) is 11.5. The third-order valence-electron chi connectivity index (χ3n) is 2.89. The molecule has 0 aromatic carbocycles. The molecule has 1 saturated carbocycles. The molecule has 82 valence electrons. The van der Waals surface area contributed by atoms with Crippen LogP contribution in [0.25, 0.3) is 0 Å². The fraction of sp³-hybridized carbons (Fsp3) is 0.909. The summed E-state index contributed by atoms with van der Waals surface area (Å²) in [6.07, 6.45) is 6.10. The predicted molar refractivity (Wildman–Crippen MR) is 56.7 cm³/mol. The largest absolute Gasteiger partial charge is 0.480 e. The molecular formula is C11H21NO2. The second-order valence-corrected chi connectivity index (χ2v) is 3.85. The Balaban J connectivity index is 2.46. The van der Waals surface area contributed by atoms with Gasteiger partial charge in [0.2, 0.25) is 5.90 Å². The molecule has 1 fully saturated rings. The van der Waals surface area contributed by atoms with Crippen LogP contribution >= 0.6 is 0 Å². The Morgan fingerprint density at radius 2 is 2.00 bits per heavy atom. The first-order valence-corrected chi connectivity index (χ1v) is 5.53. The highest BCUT2D eigenvalue weighted by Crippen LogP contribution is 2.28. The highest BCUT2D eigenvalue weighted by molar-refractivity contribution is 5.78. The standard InChI is InChI=1S/C11H21NO2/c1-3-14-11(12)10(13-2)9-7-5-4-6-8-9/h9-10,12H,3-8H2,1-2H3. The lowest BCUT2D eigenvalue weighted by Crippen LogP contribution is -2.34. The van der Waals surface area contributed by atoms with Gasteiger partial charge in [0.25, 0.3) is 0 Å². The molecular weight excluding hydrogens is 178 g/mol. The lowest BCUT2D eigenvalue weighted by molar-refractivity contribution is 0.0645. The van der Waals surface area contributed by atoms with Crippen molar-refractivity contribution in [3.63, 3.8) is 0 Å². The van der Waals surface area contributed by atoms with Crippen LogP contribution in [0, 0.1) is 11.3 Å². The van der Waals surface area contributed by atoms with Crippen molar-refractivity contribution >= 4 is 5.90 Å². The Labute approximate surface area is 86.3 Å². The van der Waals surface area contributed by atoms with Gasteiger partial charge in [-0.1, -0.05) is 19.3 Å². The van der Waals surface area contributed by atoms with E-state index in [2.05, 4.69) is 0 Å². The van der Waals surface area contributed by atoms with Crippen LogP contribution < -0.4 is 0 Å². The minimum absolute atomic E-state index is 0.116. The van der Waals surface area contributed by atoms with E-state index in [1.165, 1.54) is 32.1 Å². The normalized spacial score (nSPS) is 20.4. The van der Waals surface area contributed by atoms with Gasteiger partial charge in [-0.3, -0.25) is 5.41 Å². The molecule has 0 radical (unpaired) electrons. The highest BCUT2D eigenvalue weighted by Gasteiger charge is 2.27. The molecule has 3 nitrogen and oxygen atoms in total. The van der Waals surface area contributed by atoms with Crippen molar-refractivity contribution in [2.24, 2.45) is 5.92 Å². The summed E-state index contributed by atoms with van der Waals surface area (Å²) in [5.41, 5.74) is 0. The predicted octanol–water partition coefficient (Wildman–Crippen LogP) is 2.60. The Kier molecular flexibility index (Phi) is 4.94. The molecule has 0 amide bonds. The lowest BCUT2D eigenvalue weighted by Gasteiger charge is -2.28. The van der Waals surface area contributed by atoms with E-state index in [1.54, 1.807) is 7.11 Å². The van der Waals surface area contributed by atoms with Gasteiger partial charge in [-0.05, 0) is 25.7 Å². The summed E-state index contributed by atoms with van der Waals surface area (Å²) in [5, 5.41) is 7.73. The van der Waals surface area contributed by atoms with Gasteiger partial charge in [0.05, 0.1) is 6.61 Å². The average Bonchev–Trinajstić information content (AvgIpc) is 2.21. The molecule has 1 rings (SSSR count). The van der Waals surface area contributed by atoms with Gasteiger partial charge < -0.3 is 9.47 Å². The molecule has 1 N–H and O–H groups in total. The summed E-state index contributed by atoms with van der Waals surface area (Å²) in [6.45, 7) is 2.47. The second kappa shape index (κ2) is 6.02. The topological polar surface area (TPSA) is 42.3 Å². The molecule has 1 aliphatic rings. The Morgan fingerprint density at radius 1 is 1.36 bits per heavy atom. The Bertz CT molecular complexity index is 176. The van der Waals surface area contributed by atoms with Gasteiger partial charge in [-0.25, -0.2) is 0 Å². The summed E-state index contributed by atoms with van der Waals surface area (Å²) in [7, 11) is 1.67. The van der Waals surface area contributed by atoms with Crippen LogP contribution in [-0.2, 0) is 9.47 Å². The minimum Gasteiger partial charge on any atom is -0.480 e. The van der Waals surface area contributed by atoms with E-state index in [-0.39, 0.29) is 6.10 Å². The highest BCUT2D eigenvalue weighted by atomic mass is 16.5. The van der Waals surface area contributed by atoms with Gasteiger partial charge in [0.1, 0.15) is 6.10 Å². The quantitative estimate of drug-likeness (QED) is 0.558. The zero-order valence-electron chi connectivity index (χ0n) is 9.21. The molecule has 3 heteroatoms. The maximum Gasteiger partial charge on any atom is 0.210 e. The van der Waals surface area contributed by atoms with Crippen molar-refractivity contribution in [1.82, 2.24) is 0 Å². The van der Waals surface area contributed by atoms with Crippen molar-refractivity contribution in [2.75, 3.05) is 13.7 Å². The second-order valence-electron chi connectivity index (χ2n) is 3.85. The van der Waals surface area contributed by atoms with E-state index in [1.807, 2.05) is 6.92 Å². The third kappa shape index (κ3) is 2.98. The maximum atomic E-state index is 7.73. The van der Waals surface area contributed by atoms with E-state index in [4.69, 9.17) is 14.9 Å². The molecule has 0 bridgehead atoms. The van der Waals surface area contributed by atoms with Crippen LogP contribution in [0.4, 0.5) is 0 Å². The van der Waals surface area contributed by atoms with E-state index in [0.29, 0.717) is 18.4 Å². The molecule has 1 aliphatic carbocycles. The molecule has 0 aliphatic heterocycles. The van der Waals surface area contributed by atoms with Crippen molar-refractivity contribution in [3.05, 3.63) is 0 Å². The summed E-state index contributed by atoms with van der Waals surface area (Å²) in [6, 6.07) is 0. The molecule has 0 saturated heterocycles. The van der Waals surface area contributed by atoms with E-state index in [0.717, 1.165) is 0 Å². The Hall–Kier alpha value is -0.570. The van der Waals surface area contributed by atoms with E-state index in [9.17, 15) is 0 Å². The monoisotopic (exact) mass is 199 g/mol. The fourth-order valence-corrected chi connectivity index (χ4v) is 2.19. The molecule has 1 unspecified atom stereocenters. The van der Waals surface area contributed by atoms with Gasteiger partial charge in [-0.2, -0.15) is 0 Å². The van der Waals surface area contributed by atoms with Gasteiger partial charge in [0.15, 0.2) is 0 Å². The maximum absolute atomic E-state index is 7.73. The van der Waals surface area contributed by atoms with Crippen LogP contribution in [0.3, 0.4) is 0 Å². The minimum atomic E-state index is -0.116. The summed E-state index contributed by atoms with van der Waals surface area (Å²) >= 11 is 0. The Morgan fingerprint density at radius 3 is 2.50 bits per heavy atom. The van der Waals surface area contributed by atoms with E-state index >= 15 is 0 Å². The lowest BCUT2D eigenvalue weighted by atomic mass is 9.85. The number of nitrogens with one attached hydrogen (secondary N) is 1. The number of methoxy groups -OCH3 is 1. The van der Waals surface area contributed by atoms with Gasteiger partial charge in [0, 0.05) is 7.11 Å². The van der Waals surface area contributed by atoms with E-state index < -0.39 is 0 Å². The summed E-state index contributed by atoms with van der Waals surface area (Å²) in [5.74, 6) is 0.801. The van der Waals surface area contributed by atoms with Crippen LogP contribution in [-0.4, -0.2) is 25.7 Å². The number of rotatable bonds is 4. The first-order valence-electron chi connectivity index (χ1n) is 5.53. The van der Waals surface area contributed by atoms with Crippen LogP contribution in [0.5, 0.6) is 0 Å². The fourth-order valence-electron chi connectivity index (χ4n) is 2.19. The molecule has 0 spiro atoms. The number of hydrogen-bond donors (Lipinski definition) is 1. The summed E-state index contributed by atoms with van der Waals surface area (Å²) in [4.78, 5) is 0. The molecule has 14 heavy (non-hydrogen) atoms. The van der Waals surface area contributed by atoms with Gasteiger partial charge >= 0.3 is 0 Å². The zero-order chi connectivity index (χ0) is 10.4. The van der Waals surface area contributed by atoms with Crippen molar-refractivity contribution < 1.29 is 9.47 Å². The first-order chi connectivity index (χ1) is 6.79. The number of hydrogen-bond acceptors (Lipinski definition) is 3. The summed E-state index contributed by atoms with van der Waals surface area (Å²) < 4.78 is 10.6.